The molecule has 1 unspecified atom stereocenters. The average molecular weight is 273 g/mol. The SMILES string of the molecule is COCc1nnc2n1CCN(Cc1cccnc1)C2C. The molecule has 2 aromatic heterocycles. The van der Waals surface area contributed by atoms with Crippen LogP contribution >= 0.6 is 0 Å². The zero-order valence-corrected chi connectivity index (χ0v) is 11.9. The normalized spacial score (nSPS) is 19.0. The van der Waals surface area contributed by atoms with Crippen LogP contribution < -0.4 is 0 Å². The van der Waals surface area contributed by atoms with Gasteiger partial charge in [-0.3, -0.25) is 9.88 Å². The first kappa shape index (κ1) is 13.2. The van der Waals surface area contributed by atoms with Crippen LogP contribution in [0.1, 0.15) is 30.2 Å². The Bertz CT molecular complexity index is 568. The molecule has 6 nitrogen and oxygen atoms in total. The molecule has 1 aliphatic rings. The van der Waals surface area contributed by atoms with Gasteiger partial charge >= 0.3 is 0 Å². The Kier molecular flexibility index (Phi) is 3.75. The molecule has 0 aliphatic carbocycles. The molecule has 0 N–H and O–H groups in total. The van der Waals surface area contributed by atoms with Crippen molar-refractivity contribution in [2.45, 2.75) is 32.7 Å². The quantitative estimate of drug-likeness (QED) is 0.842. The van der Waals surface area contributed by atoms with Gasteiger partial charge in [0.25, 0.3) is 0 Å². The molecule has 106 valence electrons. The third kappa shape index (κ3) is 2.44. The van der Waals surface area contributed by atoms with Gasteiger partial charge in [0.1, 0.15) is 12.4 Å². The van der Waals surface area contributed by atoms with E-state index < -0.39 is 0 Å². The molecule has 0 saturated carbocycles. The van der Waals surface area contributed by atoms with Crippen LogP contribution in [0.4, 0.5) is 0 Å². The van der Waals surface area contributed by atoms with E-state index in [-0.39, 0.29) is 6.04 Å². The van der Waals surface area contributed by atoms with E-state index in [0.717, 1.165) is 31.3 Å². The number of methoxy groups -OCH3 is 1. The summed E-state index contributed by atoms with van der Waals surface area (Å²) >= 11 is 0. The first-order valence-electron chi connectivity index (χ1n) is 6.83. The zero-order valence-electron chi connectivity index (χ0n) is 11.9. The molecule has 0 spiro atoms. The van der Waals surface area contributed by atoms with Crippen molar-refractivity contribution >= 4 is 0 Å². The number of rotatable bonds is 4. The molecule has 0 bridgehead atoms. The second-order valence-corrected chi connectivity index (χ2v) is 5.07. The Labute approximate surface area is 118 Å². The van der Waals surface area contributed by atoms with Crippen molar-refractivity contribution in [1.29, 1.82) is 0 Å². The van der Waals surface area contributed by atoms with Crippen molar-refractivity contribution in [3.8, 4) is 0 Å². The molecule has 3 rings (SSSR count). The zero-order chi connectivity index (χ0) is 13.9. The fraction of sp³-hybridized carbons (Fsp3) is 0.500. The van der Waals surface area contributed by atoms with Crippen molar-refractivity contribution in [1.82, 2.24) is 24.6 Å². The highest BCUT2D eigenvalue weighted by molar-refractivity contribution is 5.10. The summed E-state index contributed by atoms with van der Waals surface area (Å²) in [5, 5.41) is 8.55. The molecular weight excluding hydrogens is 254 g/mol. The number of pyridine rings is 1. The molecule has 2 aromatic rings. The van der Waals surface area contributed by atoms with Crippen LogP contribution in [0.3, 0.4) is 0 Å². The van der Waals surface area contributed by atoms with Crippen LogP contribution in [0.5, 0.6) is 0 Å². The maximum atomic E-state index is 5.16. The fourth-order valence-corrected chi connectivity index (χ4v) is 2.67. The first-order chi connectivity index (χ1) is 9.79. The van der Waals surface area contributed by atoms with E-state index in [0.29, 0.717) is 6.61 Å². The van der Waals surface area contributed by atoms with Gasteiger partial charge in [0.05, 0.1) is 6.04 Å². The Hall–Kier alpha value is -1.79. The summed E-state index contributed by atoms with van der Waals surface area (Å²) in [7, 11) is 1.68. The van der Waals surface area contributed by atoms with Crippen molar-refractivity contribution in [2.75, 3.05) is 13.7 Å². The lowest BCUT2D eigenvalue weighted by molar-refractivity contribution is 0.143. The summed E-state index contributed by atoms with van der Waals surface area (Å²) in [6.45, 7) is 5.47. The monoisotopic (exact) mass is 273 g/mol. The van der Waals surface area contributed by atoms with Gasteiger partial charge in [0.2, 0.25) is 0 Å². The molecule has 3 heterocycles. The van der Waals surface area contributed by atoms with Crippen LogP contribution in [0, 0.1) is 0 Å². The Morgan fingerprint density at radius 1 is 1.35 bits per heavy atom. The number of fused-ring (bicyclic) bond motifs is 1. The minimum Gasteiger partial charge on any atom is -0.377 e. The van der Waals surface area contributed by atoms with Crippen LogP contribution in [0.25, 0.3) is 0 Å². The topological polar surface area (TPSA) is 56.1 Å². The van der Waals surface area contributed by atoms with Crippen LogP contribution in [-0.2, 0) is 24.4 Å². The minimum atomic E-state index is 0.252. The van der Waals surface area contributed by atoms with Gasteiger partial charge in [-0.05, 0) is 18.6 Å². The molecule has 20 heavy (non-hydrogen) atoms. The third-order valence-electron chi connectivity index (χ3n) is 3.77. The highest BCUT2D eigenvalue weighted by Crippen LogP contribution is 2.25. The second kappa shape index (κ2) is 5.68. The number of ether oxygens (including phenoxy) is 1. The molecule has 0 amide bonds. The van der Waals surface area contributed by atoms with E-state index in [1.165, 1.54) is 5.56 Å². The van der Waals surface area contributed by atoms with Crippen molar-refractivity contribution in [3.63, 3.8) is 0 Å². The molecule has 1 atom stereocenters. The second-order valence-electron chi connectivity index (χ2n) is 5.07. The third-order valence-corrected chi connectivity index (χ3v) is 3.77. The standard InChI is InChI=1S/C14H19N5O/c1-11-14-17-16-13(10-20-2)19(14)7-6-18(11)9-12-4-3-5-15-8-12/h3-5,8,11H,6-7,9-10H2,1-2H3. The van der Waals surface area contributed by atoms with E-state index in [2.05, 4.69) is 37.6 Å². The van der Waals surface area contributed by atoms with Crippen LogP contribution in [0.2, 0.25) is 0 Å². The van der Waals surface area contributed by atoms with Crippen molar-refractivity contribution in [2.24, 2.45) is 0 Å². The van der Waals surface area contributed by atoms with E-state index in [1.54, 1.807) is 13.3 Å². The summed E-state index contributed by atoms with van der Waals surface area (Å²) in [6, 6.07) is 4.33. The van der Waals surface area contributed by atoms with Gasteiger partial charge in [-0.1, -0.05) is 6.07 Å². The molecule has 0 saturated heterocycles. The Balaban J connectivity index is 1.77. The van der Waals surface area contributed by atoms with Crippen molar-refractivity contribution in [3.05, 3.63) is 41.7 Å². The largest absolute Gasteiger partial charge is 0.377 e. The summed E-state index contributed by atoms with van der Waals surface area (Å²) in [6.07, 6.45) is 3.72. The maximum absolute atomic E-state index is 5.16. The van der Waals surface area contributed by atoms with Gasteiger partial charge in [0.15, 0.2) is 5.82 Å². The minimum absolute atomic E-state index is 0.252. The van der Waals surface area contributed by atoms with Gasteiger partial charge < -0.3 is 9.30 Å². The highest BCUT2D eigenvalue weighted by atomic mass is 16.5. The lowest BCUT2D eigenvalue weighted by Crippen LogP contribution is -2.37. The highest BCUT2D eigenvalue weighted by Gasteiger charge is 2.27. The van der Waals surface area contributed by atoms with Gasteiger partial charge in [-0.15, -0.1) is 10.2 Å². The first-order valence-corrected chi connectivity index (χ1v) is 6.83. The number of hydrogen-bond acceptors (Lipinski definition) is 5. The van der Waals surface area contributed by atoms with E-state index in [1.807, 2.05) is 12.3 Å². The lowest BCUT2D eigenvalue weighted by atomic mass is 10.1. The lowest BCUT2D eigenvalue weighted by Gasteiger charge is -2.33. The fourth-order valence-electron chi connectivity index (χ4n) is 2.67. The molecule has 0 radical (unpaired) electrons. The Morgan fingerprint density at radius 2 is 2.25 bits per heavy atom. The average Bonchev–Trinajstić information content (AvgIpc) is 2.88. The molecule has 0 aromatic carbocycles. The number of nitrogens with zero attached hydrogens (tertiary/aromatic N) is 5. The molecule has 6 heteroatoms. The van der Waals surface area contributed by atoms with Crippen molar-refractivity contribution < 1.29 is 4.74 Å². The van der Waals surface area contributed by atoms with Gasteiger partial charge in [-0.2, -0.15) is 0 Å². The Morgan fingerprint density at radius 3 is 3.00 bits per heavy atom. The van der Waals surface area contributed by atoms with Crippen LogP contribution in [0.15, 0.2) is 24.5 Å². The summed E-state index contributed by atoms with van der Waals surface area (Å²) in [5.74, 6) is 1.93. The molecular formula is C14H19N5O. The van der Waals surface area contributed by atoms with E-state index in [4.69, 9.17) is 4.74 Å². The predicted molar refractivity (Wildman–Crippen MR) is 73.8 cm³/mol. The van der Waals surface area contributed by atoms with Crippen LogP contribution in [-0.4, -0.2) is 38.3 Å². The summed E-state index contributed by atoms with van der Waals surface area (Å²) in [4.78, 5) is 6.57. The summed E-state index contributed by atoms with van der Waals surface area (Å²) < 4.78 is 7.34. The van der Waals surface area contributed by atoms with E-state index >= 15 is 0 Å². The number of aromatic nitrogens is 4. The molecule has 1 aliphatic heterocycles. The van der Waals surface area contributed by atoms with E-state index in [9.17, 15) is 0 Å². The number of hydrogen-bond donors (Lipinski definition) is 0. The van der Waals surface area contributed by atoms with Gasteiger partial charge in [0, 0.05) is 39.1 Å². The summed E-state index contributed by atoms with van der Waals surface area (Å²) in [5.41, 5.74) is 1.23. The predicted octanol–water partition coefficient (Wildman–Crippen LogP) is 1.40. The smallest absolute Gasteiger partial charge is 0.159 e. The molecule has 0 fully saturated rings. The maximum Gasteiger partial charge on any atom is 0.159 e. The van der Waals surface area contributed by atoms with Gasteiger partial charge in [-0.25, -0.2) is 0 Å².